The van der Waals surface area contributed by atoms with Gasteiger partial charge in [0.15, 0.2) is 15.2 Å². The highest BCUT2D eigenvalue weighted by Crippen LogP contribution is 2.03. The fourth-order valence-corrected chi connectivity index (χ4v) is 5.56. The van der Waals surface area contributed by atoms with E-state index >= 15 is 0 Å². The largest absolute Gasteiger partial charge is 0.421 e. The fraction of sp³-hybridized carbons (Fsp3) is 0.100. The van der Waals surface area contributed by atoms with Gasteiger partial charge < -0.3 is 4.80 Å². The summed E-state index contributed by atoms with van der Waals surface area (Å²) in [5.41, 5.74) is 0. The molecule has 0 saturated heterocycles. The molecule has 115 valence electrons. The molecule has 3 aromatic carbocycles. The summed E-state index contributed by atoms with van der Waals surface area (Å²) in [5, 5.41) is 3.03. The molecule has 0 heterocycles. The van der Waals surface area contributed by atoms with Gasteiger partial charge in [0.1, 0.15) is 0 Å². The van der Waals surface area contributed by atoms with Gasteiger partial charge in [0.05, 0.1) is 0 Å². The third-order valence-corrected chi connectivity index (χ3v) is 7.08. The first-order valence-electron chi connectivity index (χ1n) is 7.86. The number of benzene rings is 3. The molecule has 0 aliphatic rings. The summed E-state index contributed by atoms with van der Waals surface area (Å²) in [5.74, 6) is 4.42. The van der Waals surface area contributed by atoms with Crippen molar-refractivity contribution < 1.29 is 4.80 Å². The Kier molecular flexibility index (Phi) is 6.83. The molecule has 0 aliphatic carbocycles. The van der Waals surface area contributed by atoms with Crippen molar-refractivity contribution in [1.29, 1.82) is 0 Å². The van der Waals surface area contributed by atoms with E-state index in [4.69, 9.17) is 0 Å². The summed E-state index contributed by atoms with van der Waals surface area (Å²) in [4.78, 5) is 11.6. The SMILES string of the molecule is O[Si](c1ccccc1)(c1ccccc1)c1ccccc1.[CH3][Al][CH3]. The Hall–Kier alpha value is -1.63. The summed E-state index contributed by atoms with van der Waals surface area (Å²) in [6.07, 6.45) is 0. The van der Waals surface area contributed by atoms with Gasteiger partial charge in [-0.2, -0.15) is 0 Å². The molecule has 0 saturated carbocycles. The minimum Gasteiger partial charge on any atom is -0.421 e. The highest BCUT2D eigenvalue weighted by Gasteiger charge is 2.37. The highest BCUT2D eigenvalue weighted by molar-refractivity contribution is 7.06. The number of rotatable bonds is 3. The standard InChI is InChI=1S/C18H16OSi.2CH3.Al/c19-20(16-10-4-1-5-11-16,17-12-6-2-7-13-17)18-14-8-3-9-15-18;;;/h1-15,19H;2*1H3;. The van der Waals surface area contributed by atoms with Crippen LogP contribution in [0.1, 0.15) is 0 Å². The molecule has 23 heavy (non-hydrogen) atoms. The lowest BCUT2D eigenvalue weighted by Crippen LogP contribution is -2.67. The predicted molar refractivity (Wildman–Crippen MR) is 104 cm³/mol. The molecular formula is C20H22AlOSi. The van der Waals surface area contributed by atoms with Gasteiger partial charge >= 0.3 is 0 Å². The quantitative estimate of drug-likeness (QED) is 0.577. The predicted octanol–water partition coefficient (Wildman–Crippen LogP) is 2.43. The van der Waals surface area contributed by atoms with Crippen molar-refractivity contribution in [1.82, 2.24) is 0 Å². The molecule has 0 amide bonds. The summed E-state index contributed by atoms with van der Waals surface area (Å²) < 4.78 is 0. The number of hydrogen-bond donors (Lipinski definition) is 1. The molecule has 3 aromatic rings. The maximum Gasteiger partial charge on any atom is 0.285 e. The van der Waals surface area contributed by atoms with Crippen molar-refractivity contribution in [2.45, 2.75) is 11.6 Å². The molecule has 0 fully saturated rings. The molecule has 0 aliphatic heterocycles. The first-order valence-corrected chi connectivity index (χ1v) is 12.1. The minimum absolute atomic E-state index is 0.750. The Morgan fingerprint density at radius 2 is 0.783 bits per heavy atom. The lowest BCUT2D eigenvalue weighted by molar-refractivity contribution is 0.583. The first-order chi connectivity index (χ1) is 11.2. The molecule has 1 nitrogen and oxygen atoms in total. The fourth-order valence-electron chi connectivity index (χ4n) is 2.54. The van der Waals surface area contributed by atoms with E-state index in [1.165, 1.54) is 0 Å². The van der Waals surface area contributed by atoms with E-state index < -0.39 is 8.32 Å². The van der Waals surface area contributed by atoms with E-state index in [-0.39, 0.29) is 0 Å². The van der Waals surface area contributed by atoms with Crippen LogP contribution in [0.2, 0.25) is 11.6 Å². The first kappa shape index (κ1) is 17.7. The second-order valence-electron chi connectivity index (χ2n) is 5.39. The van der Waals surface area contributed by atoms with Gasteiger partial charge in [-0.3, -0.25) is 0 Å². The van der Waals surface area contributed by atoms with Gasteiger partial charge in [0.25, 0.3) is 8.32 Å². The zero-order chi connectivity index (χ0) is 16.5. The zero-order valence-electron chi connectivity index (χ0n) is 13.7. The van der Waals surface area contributed by atoms with Crippen LogP contribution in [0.5, 0.6) is 0 Å². The summed E-state index contributed by atoms with van der Waals surface area (Å²) in [6, 6.07) is 30.0. The Labute approximate surface area is 146 Å². The van der Waals surface area contributed by atoms with E-state index in [0.717, 1.165) is 30.8 Å². The van der Waals surface area contributed by atoms with Crippen molar-refractivity contribution >= 4 is 39.1 Å². The topological polar surface area (TPSA) is 20.2 Å². The summed E-state index contributed by atoms with van der Waals surface area (Å²) in [6.45, 7) is 0. The van der Waals surface area contributed by atoms with Gasteiger partial charge in [-0.15, -0.1) is 11.6 Å². The zero-order valence-corrected chi connectivity index (χ0v) is 15.8. The summed E-state index contributed by atoms with van der Waals surface area (Å²) in [7, 11) is -2.88. The molecule has 1 N–H and O–H groups in total. The third kappa shape index (κ3) is 4.22. The molecule has 0 bridgehead atoms. The summed E-state index contributed by atoms with van der Waals surface area (Å²) >= 11 is 0.750. The van der Waals surface area contributed by atoms with Crippen LogP contribution < -0.4 is 15.6 Å². The maximum absolute atomic E-state index is 11.6. The van der Waals surface area contributed by atoms with Crippen molar-refractivity contribution in [3.63, 3.8) is 0 Å². The van der Waals surface area contributed by atoms with Crippen LogP contribution in [-0.4, -0.2) is 28.3 Å². The maximum atomic E-state index is 11.6. The molecule has 0 aromatic heterocycles. The third-order valence-electron chi connectivity index (χ3n) is 3.57. The van der Waals surface area contributed by atoms with Gasteiger partial charge in [-0.05, 0) is 15.6 Å². The normalized spacial score (nSPS) is 10.4. The lowest BCUT2D eigenvalue weighted by atomic mass is 10.3. The van der Waals surface area contributed by atoms with E-state index in [1.807, 2.05) is 91.0 Å². The molecule has 1 radical (unpaired) electrons. The molecule has 3 rings (SSSR count). The van der Waals surface area contributed by atoms with Crippen molar-refractivity contribution in [2.75, 3.05) is 0 Å². The van der Waals surface area contributed by atoms with Gasteiger partial charge in [-0.25, -0.2) is 0 Å². The van der Waals surface area contributed by atoms with Crippen molar-refractivity contribution in [3.05, 3.63) is 91.0 Å². The number of hydrogen-bond acceptors (Lipinski definition) is 1. The van der Waals surface area contributed by atoms with Gasteiger partial charge in [-0.1, -0.05) is 91.0 Å². The van der Waals surface area contributed by atoms with E-state index in [0.29, 0.717) is 0 Å². The Morgan fingerprint density at radius 3 is 1.00 bits per heavy atom. The van der Waals surface area contributed by atoms with Crippen LogP contribution in [0.4, 0.5) is 0 Å². The smallest absolute Gasteiger partial charge is 0.285 e. The average molecular weight is 333 g/mol. The van der Waals surface area contributed by atoms with Crippen molar-refractivity contribution in [2.24, 2.45) is 0 Å². The Morgan fingerprint density at radius 1 is 0.565 bits per heavy atom. The molecular weight excluding hydrogens is 311 g/mol. The minimum atomic E-state index is -2.88. The van der Waals surface area contributed by atoms with Crippen LogP contribution in [0.3, 0.4) is 0 Å². The van der Waals surface area contributed by atoms with E-state index in [1.54, 1.807) is 0 Å². The highest BCUT2D eigenvalue weighted by atomic mass is 28.4. The van der Waals surface area contributed by atoms with Crippen LogP contribution in [0.25, 0.3) is 0 Å². The lowest BCUT2D eigenvalue weighted by Gasteiger charge is -2.26. The van der Waals surface area contributed by atoms with E-state index in [2.05, 4.69) is 11.6 Å². The Bertz CT molecular complexity index is 590. The van der Waals surface area contributed by atoms with Crippen LogP contribution >= 0.6 is 0 Å². The molecule has 0 spiro atoms. The molecule has 0 atom stereocenters. The van der Waals surface area contributed by atoms with Gasteiger partial charge in [0, 0.05) is 0 Å². The Balaban J connectivity index is 0.000000595. The second kappa shape index (κ2) is 8.86. The second-order valence-corrected chi connectivity index (χ2v) is 9.69. The monoisotopic (exact) mass is 333 g/mol. The average Bonchev–Trinajstić information content (AvgIpc) is 2.64. The van der Waals surface area contributed by atoms with Crippen LogP contribution in [-0.2, 0) is 0 Å². The van der Waals surface area contributed by atoms with Crippen molar-refractivity contribution in [3.8, 4) is 0 Å². The van der Waals surface area contributed by atoms with E-state index in [9.17, 15) is 4.80 Å². The molecule has 3 heteroatoms. The van der Waals surface area contributed by atoms with Crippen LogP contribution in [0.15, 0.2) is 91.0 Å². The molecule has 0 unspecified atom stereocenters. The van der Waals surface area contributed by atoms with Crippen LogP contribution in [0, 0.1) is 0 Å². The van der Waals surface area contributed by atoms with Gasteiger partial charge in [0.2, 0.25) is 0 Å².